The molecule has 4 aromatic rings. The SMILES string of the molecule is COC(=O)c1cc(N2CCOCC2)cc2c1nc(C)n2-c1c(Cl)cnc2ccccc12. The van der Waals surface area contributed by atoms with Gasteiger partial charge in [0.2, 0.25) is 0 Å². The number of morpholine rings is 1. The average molecular weight is 437 g/mol. The normalized spacial score (nSPS) is 14.4. The summed E-state index contributed by atoms with van der Waals surface area (Å²) in [4.78, 5) is 24.0. The zero-order valence-electron chi connectivity index (χ0n) is 17.3. The highest BCUT2D eigenvalue weighted by Gasteiger charge is 2.23. The molecular formula is C23H21ClN4O3. The summed E-state index contributed by atoms with van der Waals surface area (Å²) in [5.74, 6) is 0.299. The van der Waals surface area contributed by atoms with Crippen molar-refractivity contribution in [3.63, 3.8) is 0 Å². The average Bonchev–Trinajstić information content (AvgIpc) is 3.14. The molecule has 0 saturated carbocycles. The van der Waals surface area contributed by atoms with Crippen LogP contribution in [-0.2, 0) is 9.47 Å². The summed E-state index contributed by atoms with van der Waals surface area (Å²) in [6.07, 6.45) is 1.65. The second-order valence-corrected chi connectivity index (χ2v) is 7.83. The first kappa shape index (κ1) is 19.8. The van der Waals surface area contributed by atoms with Crippen LogP contribution >= 0.6 is 11.6 Å². The monoisotopic (exact) mass is 436 g/mol. The lowest BCUT2D eigenvalue weighted by atomic mass is 10.1. The maximum absolute atomic E-state index is 12.6. The van der Waals surface area contributed by atoms with Crippen LogP contribution in [0.5, 0.6) is 0 Å². The summed E-state index contributed by atoms with van der Waals surface area (Å²) >= 11 is 6.66. The molecule has 1 saturated heterocycles. The number of imidazole rings is 1. The van der Waals surface area contributed by atoms with Crippen molar-refractivity contribution in [3.05, 3.63) is 59.0 Å². The quantitative estimate of drug-likeness (QED) is 0.449. The molecule has 5 rings (SSSR count). The number of esters is 1. The summed E-state index contributed by atoms with van der Waals surface area (Å²) in [6.45, 7) is 4.69. The Bertz CT molecular complexity index is 1310. The highest BCUT2D eigenvalue weighted by molar-refractivity contribution is 6.33. The van der Waals surface area contributed by atoms with Crippen molar-refractivity contribution in [1.82, 2.24) is 14.5 Å². The van der Waals surface area contributed by atoms with E-state index in [0.717, 1.165) is 46.7 Å². The number of rotatable bonds is 3. The van der Waals surface area contributed by atoms with E-state index in [-0.39, 0.29) is 0 Å². The maximum Gasteiger partial charge on any atom is 0.340 e. The van der Waals surface area contributed by atoms with Gasteiger partial charge in [-0.05, 0) is 25.1 Å². The molecule has 0 atom stereocenters. The summed E-state index contributed by atoms with van der Waals surface area (Å²) in [6, 6.07) is 11.7. The number of fused-ring (bicyclic) bond motifs is 2. The number of carbonyl (C=O) groups is 1. The zero-order chi connectivity index (χ0) is 21.5. The van der Waals surface area contributed by atoms with Gasteiger partial charge in [-0.1, -0.05) is 29.8 Å². The van der Waals surface area contributed by atoms with E-state index in [1.165, 1.54) is 7.11 Å². The van der Waals surface area contributed by atoms with E-state index in [4.69, 9.17) is 26.1 Å². The Balaban J connectivity index is 1.83. The van der Waals surface area contributed by atoms with Crippen molar-refractivity contribution in [1.29, 1.82) is 0 Å². The highest BCUT2D eigenvalue weighted by atomic mass is 35.5. The van der Waals surface area contributed by atoms with E-state index in [1.54, 1.807) is 6.20 Å². The number of pyridine rings is 1. The van der Waals surface area contributed by atoms with Gasteiger partial charge in [0.15, 0.2) is 0 Å². The van der Waals surface area contributed by atoms with Gasteiger partial charge < -0.3 is 14.4 Å². The van der Waals surface area contributed by atoms with E-state index < -0.39 is 5.97 Å². The summed E-state index contributed by atoms with van der Waals surface area (Å²) < 4.78 is 12.6. The number of anilines is 1. The molecule has 31 heavy (non-hydrogen) atoms. The van der Waals surface area contributed by atoms with Crippen LogP contribution in [0.4, 0.5) is 5.69 Å². The van der Waals surface area contributed by atoms with Crippen molar-refractivity contribution in [2.24, 2.45) is 0 Å². The van der Waals surface area contributed by atoms with Crippen LogP contribution in [0.2, 0.25) is 5.02 Å². The Morgan fingerprint density at radius 2 is 1.97 bits per heavy atom. The molecule has 0 radical (unpaired) electrons. The first-order chi connectivity index (χ1) is 15.1. The third-order valence-electron chi connectivity index (χ3n) is 5.62. The highest BCUT2D eigenvalue weighted by Crippen LogP contribution is 2.35. The number of nitrogens with zero attached hydrogens (tertiary/aromatic N) is 4. The standard InChI is InChI=1S/C23H21ClN4O3/c1-14-26-21-17(23(29)30-2)11-15(27-7-9-31-10-8-27)12-20(21)28(14)22-16-5-3-4-6-19(16)25-13-18(22)24/h3-6,11-13H,7-10H2,1-2H3. The predicted molar refractivity (Wildman–Crippen MR) is 120 cm³/mol. The van der Waals surface area contributed by atoms with Gasteiger partial charge in [0.1, 0.15) is 11.3 Å². The van der Waals surface area contributed by atoms with E-state index in [2.05, 4.69) is 16.0 Å². The summed E-state index contributed by atoms with van der Waals surface area (Å²) in [5, 5.41) is 1.42. The Hall–Kier alpha value is -3.16. The Morgan fingerprint density at radius 1 is 1.19 bits per heavy atom. The number of halogens is 1. The lowest BCUT2D eigenvalue weighted by Gasteiger charge is -2.29. The Kier molecular flexibility index (Phi) is 5.00. The maximum atomic E-state index is 12.6. The van der Waals surface area contributed by atoms with Gasteiger partial charge in [0.05, 0.1) is 47.6 Å². The largest absolute Gasteiger partial charge is 0.465 e. The molecule has 8 heteroatoms. The fraction of sp³-hybridized carbons (Fsp3) is 0.261. The second kappa shape index (κ2) is 7.83. The smallest absolute Gasteiger partial charge is 0.340 e. The molecule has 1 aliphatic rings. The first-order valence-corrected chi connectivity index (χ1v) is 10.4. The van der Waals surface area contributed by atoms with Crippen LogP contribution in [0.25, 0.3) is 27.6 Å². The first-order valence-electron chi connectivity index (χ1n) is 10.1. The second-order valence-electron chi connectivity index (χ2n) is 7.42. The number of hydrogen-bond acceptors (Lipinski definition) is 6. The van der Waals surface area contributed by atoms with E-state index >= 15 is 0 Å². The van der Waals surface area contributed by atoms with Crippen LogP contribution in [0.15, 0.2) is 42.6 Å². The molecule has 3 heterocycles. The zero-order valence-corrected chi connectivity index (χ0v) is 18.0. The van der Waals surface area contributed by atoms with Crippen LogP contribution < -0.4 is 4.90 Å². The van der Waals surface area contributed by atoms with Crippen molar-refractivity contribution in [3.8, 4) is 5.69 Å². The molecule has 0 unspecified atom stereocenters. The van der Waals surface area contributed by atoms with Crippen LogP contribution in [0, 0.1) is 6.92 Å². The van der Waals surface area contributed by atoms with Gasteiger partial charge in [-0.25, -0.2) is 9.78 Å². The minimum atomic E-state index is -0.421. The molecule has 0 spiro atoms. The van der Waals surface area contributed by atoms with Crippen molar-refractivity contribution >= 4 is 45.2 Å². The van der Waals surface area contributed by atoms with Gasteiger partial charge in [-0.3, -0.25) is 9.55 Å². The third kappa shape index (κ3) is 3.30. The number of ether oxygens (including phenoxy) is 2. The van der Waals surface area contributed by atoms with Crippen LogP contribution in [0.3, 0.4) is 0 Å². The number of benzene rings is 2. The Morgan fingerprint density at radius 3 is 2.74 bits per heavy atom. The van der Waals surface area contributed by atoms with Gasteiger partial charge in [0.25, 0.3) is 0 Å². The predicted octanol–water partition coefficient (Wildman–Crippen LogP) is 4.16. The van der Waals surface area contributed by atoms with Crippen molar-refractivity contribution < 1.29 is 14.3 Å². The fourth-order valence-corrected chi connectivity index (χ4v) is 4.40. The number of aromatic nitrogens is 3. The number of hydrogen-bond donors (Lipinski definition) is 0. The molecule has 0 bridgehead atoms. The number of methoxy groups -OCH3 is 1. The number of para-hydroxylation sites is 1. The van der Waals surface area contributed by atoms with Crippen molar-refractivity contribution in [2.45, 2.75) is 6.92 Å². The Labute approximate surface area is 184 Å². The van der Waals surface area contributed by atoms with Gasteiger partial charge >= 0.3 is 5.97 Å². The summed E-state index contributed by atoms with van der Waals surface area (Å²) in [5.41, 5.74) is 4.35. The molecule has 0 amide bonds. The molecule has 1 fully saturated rings. The molecule has 1 aliphatic heterocycles. The molecular weight excluding hydrogens is 416 g/mol. The van der Waals surface area contributed by atoms with E-state index in [9.17, 15) is 4.79 Å². The minimum absolute atomic E-state index is 0.421. The van der Waals surface area contributed by atoms with E-state index in [1.807, 2.05) is 41.8 Å². The minimum Gasteiger partial charge on any atom is -0.465 e. The van der Waals surface area contributed by atoms with Gasteiger partial charge in [0, 0.05) is 30.4 Å². The molecule has 7 nitrogen and oxygen atoms in total. The van der Waals surface area contributed by atoms with E-state index in [0.29, 0.717) is 29.3 Å². The lowest BCUT2D eigenvalue weighted by molar-refractivity contribution is 0.0603. The molecule has 0 aliphatic carbocycles. The van der Waals surface area contributed by atoms with Crippen molar-refractivity contribution in [2.75, 3.05) is 38.3 Å². The molecule has 0 N–H and O–H groups in total. The topological polar surface area (TPSA) is 69.5 Å². The lowest BCUT2D eigenvalue weighted by Crippen LogP contribution is -2.36. The third-order valence-corrected chi connectivity index (χ3v) is 5.90. The fourth-order valence-electron chi connectivity index (χ4n) is 4.16. The number of carbonyl (C=O) groups excluding carboxylic acids is 1. The number of aryl methyl sites for hydroxylation is 1. The molecule has 2 aromatic heterocycles. The van der Waals surface area contributed by atoms with Crippen LogP contribution in [0.1, 0.15) is 16.2 Å². The van der Waals surface area contributed by atoms with Gasteiger partial charge in [-0.15, -0.1) is 0 Å². The molecule has 2 aromatic carbocycles. The van der Waals surface area contributed by atoms with Gasteiger partial charge in [-0.2, -0.15) is 0 Å². The molecule has 158 valence electrons. The van der Waals surface area contributed by atoms with Crippen LogP contribution in [-0.4, -0.2) is 53.9 Å². The summed E-state index contributed by atoms with van der Waals surface area (Å²) in [7, 11) is 1.38.